The van der Waals surface area contributed by atoms with Crippen LogP contribution in [0.5, 0.6) is 0 Å². The number of hydrogen-bond acceptors (Lipinski definition) is 1. The minimum atomic E-state index is -0.171. The van der Waals surface area contributed by atoms with E-state index in [9.17, 15) is 0 Å². The highest BCUT2D eigenvalue weighted by molar-refractivity contribution is 6.01. The molecule has 3 atom stereocenters. The van der Waals surface area contributed by atoms with Crippen LogP contribution >= 0.6 is 0 Å². The van der Waals surface area contributed by atoms with Gasteiger partial charge in [-0.25, -0.2) is 0 Å². The monoisotopic (exact) mass is 713 g/mol. The first-order valence-electron chi connectivity index (χ1n) is 21.2. The van der Waals surface area contributed by atoms with Crippen molar-refractivity contribution in [3.8, 4) is 22.3 Å². The van der Waals surface area contributed by atoms with Crippen LogP contribution in [-0.2, 0) is 5.41 Å². The predicted octanol–water partition coefficient (Wildman–Crippen LogP) is 15.4. The van der Waals surface area contributed by atoms with E-state index in [-0.39, 0.29) is 5.41 Å². The van der Waals surface area contributed by atoms with Crippen molar-refractivity contribution in [2.45, 2.75) is 88.9 Å². The summed E-state index contributed by atoms with van der Waals surface area (Å²) in [5.41, 5.74) is 15.0. The van der Waals surface area contributed by atoms with Crippen molar-refractivity contribution < 1.29 is 0 Å². The fourth-order valence-corrected chi connectivity index (χ4v) is 11.8. The van der Waals surface area contributed by atoms with Gasteiger partial charge in [-0.1, -0.05) is 143 Å². The van der Waals surface area contributed by atoms with E-state index < -0.39 is 0 Å². The Morgan fingerprint density at radius 3 is 2.00 bits per heavy atom. The van der Waals surface area contributed by atoms with Gasteiger partial charge in [-0.15, -0.1) is 0 Å². The van der Waals surface area contributed by atoms with E-state index in [2.05, 4.69) is 158 Å². The summed E-state index contributed by atoms with van der Waals surface area (Å²) in [5, 5.41) is 5.22. The Kier molecular flexibility index (Phi) is 7.84. The molecule has 3 unspecified atom stereocenters. The molecule has 2 bridgehead atoms. The zero-order chi connectivity index (χ0) is 36.7. The molecule has 11 rings (SSSR count). The lowest BCUT2D eigenvalue weighted by molar-refractivity contribution is 0.420. The van der Waals surface area contributed by atoms with Crippen LogP contribution in [0.3, 0.4) is 0 Å². The predicted molar refractivity (Wildman–Crippen MR) is 233 cm³/mol. The number of rotatable bonds is 6. The molecular weight excluding hydrogens is 663 g/mol. The maximum atomic E-state index is 2.69. The molecule has 1 nitrogen and oxygen atoms in total. The Morgan fingerprint density at radius 1 is 0.545 bits per heavy atom. The molecule has 7 aromatic rings. The smallest absolute Gasteiger partial charge is 0.0543 e. The van der Waals surface area contributed by atoms with Gasteiger partial charge in [0.15, 0.2) is 0 Å². The molecule has 3 saturated carbocycles. The first-order chi connectivity index (χ1) is 27.0. The maximum Gasteiger partial charge on any atom is 0.0543 e. The molecule has 0 aliphatic heterocycles. The van der Waals surface area contributed by atoms with Gasteiger partial charge in [0.05, 0.1) is 11.4 Å². The second-order valence-corrected chi connectivity index (χ2v) is 17.9. The summed E-state index contributed by atoms with van der Waals surface area (Å²) in [6.07, 6.45) is 12.1. The maximum absolute atomic E-state index is 2.69. The molecular formula is C54H51N. The van der Waals surface area contributed by atoms with E-state index in [0.29, 0.717) is 11.8 Å². The Bertz CT molecular complexity index is 2580. The second-order valence-electron chi connectivity index (χ2n) is 17.9. The summed E-state index contributed by atoms with van der Waals surface area (Å²) >= 11 is 0. The zero-order valence-corrected chi connectivity index (χ0v) is 32.4. The largest absolute Gasteiger partial charge is 0.310 e. The molecule has 272 valence electrons. The van der Waals surface area contributed by atoms with E-state index in [1.165, 1.54) is 135 Å². The van der Waals surface area contributed by atoms with Crippen LogP contribution in [0.15, 0.2) is 140 Å². The second kappa shape index (κ2) is 13.0. The van der Waals surface area contributed by atoms with Crippen molar-refractivity contribution in [3.63, 3.8) is 0 Å². The molecule has 0 aromatic heterocycles. The number of hydrogen-bond donors (Lipinski definition) is 0. The van der Waals surface area contributed by atoms with Crippen molar-refractivity contribution >= 4 is 38.6 Å². The highest BCUT2D eigenvalue weighted by Gasteiger charge is 2.41. The molecule has 0 N–H and O–H groups in total. The molecule has 4 aliphatic carbocycles. The van der Waals surface area contributed by atoms with Gasteiger partial charge in [-0.3, -0.25) is 0 Å². The van der Waals surface area contributed by atoms with Crippen molar-refractivity contribution in [2.24, 2.45) is 11.8 Å². The molecule has 0 heterocycles. The highest BCUT2D eigenvalue weighted by Crippen LogP contribution is 2.58. The Labute approximate surface area is 327 Å². The summed E-state index contributed by atoms with van der Waals surface area (Å²) in [4.78, 5) is 2.69. The van der Waals surface area contributed by atoms with Crippen molar-refractivity contribution in [2.75, 3.05) is 4.90 Å². The number of benzene rings is 7. The average molecular weight is 714 g/mol. The Balaban J connectivity index is 1.19. The standard InChI is InChI=1S/C54H51N/c1-54(2)49-19-11-10-18-45(49)46-28-29-50(52(53(46)54)43-23-22-36-12-6-7-15-39(36)32-43)55(44-26-24-38(25-27-44)47-31-35-20-21-42(47)30-35)51-34-41-17-9-8-16-40(41)33-48(51)37-13-4-3-5-14-37/h6-12,15-19,22-29,32-35,37,42,47H,3-5,13-14,20-21,30-31H2,1-2H3. The summed E-state index contributed by atoms with van der Waals surface area (Å²) in [7, 11) is 0. The van der Waals surface area contributed by atoms with E-state index >= 15 is 0 Å². The van der Waals surface area contributed by atoms with Gasteiger partial charge >= 0.3 is 0 Å². The number of anilines is 3. The third kappa shape index (κ3) is 5.41. The molecule has 0 saturated heterocycles. The Hall–Kier alpha value is -5.14. The lowest BCUT2D eigenvalue weighted by atomic mass is 9.77. The number of fused-ring (bicyclic) bond motifs is 7. The summed E-state index contributed by atoms with van der Waals surface area (Å²) in [5.74, 6) is 3.06. The Morgan fingerprint density at radius 2 is 1.25 bits per heavy atom. The summed E-state index contributed by atoms with van der Waals surface area (Å²) in [6, 6.07) is 54.1. The highest BCUT2D eigenvalue weighted by atomic mass is 15.1. The van der Waals surface area contributed by atoms with Gasteiger partial charge in [-0.2, -0.15) is 0 Å². The lowest BCUT2D eigenvalue weighted by Crippen LogP contribution is -2.20. The van der Waals surface area contributed by atoms with E-state index in [0.717, 1.165) is 11.8 Å². The van der Waals surface area contributed by atoms with E-state index in [1.807, 2.05) is 0 Å². The van der Waals surface area contributed by atoms with Crippen LogP contribution in [0.1, 0.15) is 106 Å². The van der Waals surface area contributed by atoms with Gasteiger partial charge in [-0.05, 0) is 153 Å². The molecule has 55 heavy (non-hydrogen) atoms. The quantitative estimate of drug-likeness (QED) is 0.166. The fourth-order valence-electron chi connectivity index (χ4n) is 11.8. The topological polar surface area (TPSA) is 3.24 Å². The van der Waals surface area contributed by atoms with Crippen LogP contribution < -0.4 is 4.90 Å². The van der Waals surface area contributed by atoms with Crippen molar-refractivity contribution in [1.29, 1.82) is 0 Å². The van der Waals surface area contributed by atoms with Crippen LogP contribution in [0, 0.1) is 11.8 Å². The van der Waals surface area contributed by atoms with Gasteiger partial charge in [0.1, 0.15) is 0 Å². The molecule has 1 heteroatoms. The van der Waals surface area contributed by atoms with Gasteiger partial charge in [0.2, 0.25) is 0 Å². The van der Waals surface area contributed by atoms with Crippen molar-refractivity contribution in [3.05, 3.63) is 162 Å². The SMILES string of the molecule is CC1(C)c2ccccc2-c2ccc(N(c3ccc(C4CC5CCC4C5)cc3)c3cc4ccccc4cc3C3CCCCC3)c(-c3ccc4ccccc4c3)c21. The van der Waals surface area contributed by atoms with Gasteiger partial charge in [0, 0.05) is 16.7 Å². The minimum Gasteiger partial charge on any atom is -0.310 e. The normalized spacial score (nSPS) is 21.2. The third-order valence-corrected chi connectivity index (χ3v) is 14.5. The molecule has 7 aromatic carbocycles. The minimum absolute atomic E-state index is 0.171. The summed E-state index contributed by atoms with van der Waals surface area (Å²) < 4.78 is 0. The van der Waals surface area contributed by atoms with E-state index in [4.69, 9.17) is 0 Å². The van der Waals surface area contributed by atoms with Crippen LogP contribution in [0.25, 0.3) is 43.8 Å². The molecule has 0 radical (unpaired) electrons. The molecule has 4 aliphatic rings. The molecule has 3 fully saturated rings. The third-order valence-electron chi connectivity index (χ3n) is 14.5. The van der Waals surface area contributed by atoms with Crippen LogP contribution in [-0.4, -0.2) is 0 Å². The van der Waals surface area contributed by atoms with Crippen molar-refractivity contribution in [1.82, 2.24) is 0 Å². The average Bonchev–Trinajstić information content (AvgIpc) is 3.94. The van der Waals surface area contributed by atoms with Crippen LogP contribution in [0.4, 0.5) is 17.1 Å². The lowest BCUT2D eigenvalue weighted by Gasteiger charge is -2.35. The number of nitrogens with zero attached hydrogens (tertiary/aromatic N) is 1. The fraction of sp³-hybridized carbons (Fsp3) is 0.296. The van der Waals surface area contributed by atoms with Gasteiger partial charge < -0.3 is 4.90 Å². The van der Waals surface area contributed by atoms with Crippen LogP contribution in [0.2, 0.25) is 0 Å². The molecule has 0 amide bonds. The summed E-state index contributed by atoms with van der Waals surface area (Å²) in [6.45, 7) is 4.90. The van der Waals surface area contributed by atoms with E-state index in [1.54, 1.807) is 5.56 Å². The zero-order valence-electron chi connectivity index (χ0n) is 32.4. The first kappa shape index (κ1) is 33.2. The first-order valence-corrected chi connectivity index (χ1v) is 21.2. The van der Waals surface area contributed by atoms with Gasteiger partial charge in [0.25, 0.3) is 0 Å². The molecule has 0 spiro atoms.